The summed E-state index contributed by atoms with van der Waals surface area (Å²) in [7, 11) is 2.13. The van der Waals surface area contributed by atoms with Gasteiger partial charge >= 0.3 is 0 Å². The Morgan fingerprint density at radius 1 is 1.33 bits per heavy atom. The van der Waals surface area contributed by atoms with E-state index in [0.717, 1.165) is 38.0 Å². The van der Waals surface area contributed by atoms with Crippen LogP contribution in [0.15, 0.2) is 18.2 Å². The summed E-state index contributed by atoms with van der Waals surface area (Å²) in [6.45, 7) is 11.4. The molecule has 0 aromatic heterocycles. The summed E-state index contributed by atoms with van der Waals surface area (Å²) >= 11 is 0. The highest BCUT2D eigenvalue weighted by molar-refractivity contribution is 5.95. The van der Waals surface area contributed by atoms with Crippen molar-refractivity contribution in [1.29, 1.82) is 0 Å². The Labute approximate surface area is 128 Å². The molecule has 0 N–H and O–H groups in total. The minimum absolute atomic E-state index is 0.139. The predicted octanol–water partition coefficient (Wildman–Crippen LogP) is 3.68. The van der Waals surface area contributed by atoms with Crippen molar-refractivity contribution in [3.05, 3.63) is 29.3 Å². The fourth-order valence-electron chi connectivity index (χ4n) is 3.10. The van der Waals surface area contributed by atoms with Gasteiger partial charge in [-0.05, 0) is 48.9 Å². The highest BCUT2D eigenvalue weighted by atomic mass is 16.2. The molecule has 0 bridgehead atoms. The van der Waals surface area contributed by atoms with E-state index in [1.165, 1.54) is 11.3 Å². The molecule has 0 atom stereocenters. The molecule has 1 aromatic carbocycles. The molecule has 0 saturated carbocycles. The van der Waals surface area contributed by atoms with Gasteiger partial charge in [0.1, 0.15) is 0 Å². The van der Waals surface area contributed by atoms with Crippen LogP contribution in [0.3, 0.4) is 0 Å². The predicted molar refractivity (Wildman–Crippen MR) is 89.2 cm³/mol. The monoisotopic (exact) mass is 288 g/mol. The number of hydrogen-bond acceptors (Lipinski definition) is 2. The fraction of sp³-hybridized carbons (Fsp3) is 0.611. The summed E-state index contributed by atoms with van der Waals surface area (Å²) in [5.74, 6) is 0.158. The van der Waals surface area contributed by atoms with E-state index in [1.807, 2.05) is 17.9 Å². The maximum atomic E-state index is 12.7. The topological polar surface area (TPSA) is 23.6 Å². The molecule has 0 fully saturated rings. The maximum absolute atomic E-state index is 12.7. The summed E-state index contributed by atoms with van der Waals surface area (Å²) in [6, 6.07) is 6.21. The second-order valence-corrected chi connectivity index (χ2v) is 6.67. The summed E-state index contributed by atoms with van der Waals surface area (Å²) in [5, 5.41) is 0. The van der Waals surface area contributed by atoms with E-state index >= 15 is 0 Å². The molecule has 1 aliphatic rings. The first kappa shape index (κ1) is 15.9. The Kier molecular flexibility index (Phi) is 4.60. The Hall–Kier alpha value is -1.51. The largest absolute Gasteiger partial charge is 0.374 e. The molecule has 0 unspecified atom stereocenters. The Balaban J connectivity index is 2.38. The summed E-state index contributed by atoms with van der Waals surface area (Å²) < 4.78 is 0. The lowest BCUT2D eigenvalue weighted by Crippen LogP contribution is -2.36. The van der Waals surface area contributed by atoms with Crippen molar-refractivity contribution in [2.45, 2.75) is 46.0 Å². The average Bonchev–Trinajstić information content (AvgIpc) is 2.48. The van der Waals surface area contributed by atoms with Crippen LogP contribution < -0.4 is 4.90 Å². The van der Waals surface area contributed by atoms with Crippen molar-refractivity contribution in [2.24, 2.45) is 0 Å². The molecule has 1 amide bonds. The number of carbonyl (C=O) groups excluding carboxylic acids is 1. The quantitative estimate of drug-likeness (QED) is 0.844. The second-order valence-electron chi connectivity index (χ2n) is 6.67. The standard InChI is InChI=1S/C18H28N2O/c1-6-11-20(7-2)17(21)14-8-9-16-15(13-14)18(3,4)10-12-19(16)5/h8-9,13H,6-7,10-12H2,1-5H3. The molecular weight excluding hydrogens is 260 g/mol. The third-order valence-corrected chi connectivity index (χ3v) is 4.62. The SMILES string of the molecule is CCCN(CC)C(=O)c1ccc2c(c1)C(C)(C)CCN2C. The summed E-state index contributed by atoms with van der Waals surface area (Å²) in [4.78, 5) is 16.9. The molecule has 3 nitrogen and oxygen atoms in total. The molecule has 0 aliphatic carbocycles. The number of rotatable bonds is 4. The number of benzene rings is 1. The highest BCUT2D eigenvalue weighted by Gasteiger charge is 2.30. The molecule has 0 spiro atoms. The van der Waals surface area contributed by atoms with Gasteiger partial charge in [0.05, 0.1) is 0 Å². The van der Waals surface area contributed by atoms with Crippen molar-refractivity contribution in [1.82, 2.24) is 4.90 Å². The molecule has 21 heavy (non-hydrogen) atoms. The van der Waals surface area contributed by atoms with Crippen LogP contribution in [0.2, 0.25) is 0 Å². The fourth-order valence-corrected chi connectivity index (χ4v) is 3.10. The van der Waals surface area contributed by atoms with E-state index in [4.69, 9.17) is 0 Å². The Morgan fingerprint density at radius 3 is 2.67 bits per heavy atom. The Bertz CT molecular complexity index is 522. The number of nitrogens with zero attached hydrogens (tertiary/aromatic N) is 2. The van der Waals surface area contributed by atoms with Crippen LogP contribution in [0.5, 0.6) is 0 Å². The lowest BCUT2D eigenvalue weighted by Gasteiger charge is -2.38. The van der Waals surface area contributed by atoms with Gasteiger partial charge < -0.3 is 9.80 Å². The van der Waals surface area contributed by atoms with Crippen molar-refractivity contribution < 1.29 is 4.79 Å². The van der Waals surface area contributed by atoms with Gasteiger partial charge in [0.25, 0.3) is 5.91 Å². The van der Waals surface area contributed by atoms with Crippen LogP contribution in [-0.4, -0.2) is 37.5 Å². The van der Waals surface area contributed by atoms with Gasteiger partial charge in [0.15, 0.2) is 0 Å². The maximum Gasteiger partial charge on any atom is 0.253 e. The third kappa shape index (κ3) is 3.07. The first-order chi connectivity index (χ1) is 9.90. The molecule has 1 heterocycles. The normalized spacial score (nSPS) is 16.5. The van der Waals surface area contributed by atoms with E-state index < -0.39 is 0 Å². The van der Waals surface area contributed by atoms with Gasteiger partial charge in [-0.2, -0.15) is 0 Å². The zero-order valence-electron chi connectivity index (χ0n) is 14.1. The van der Waals surface area contributed by atoms with Crippen LogP contribution in [0, 0.1) is 0 Å². The summed E-state index contributed by atoms with van der Waals surface area (Å²) in [5.41, 5.74) is 3.53. The van der Waals surface area contributed by atoms with Crippen molar-refractivity contribution in [2.75, 3.05) is 31.6 Å². The van der Waals surface area contributed by atoms with E-state index in [9.17, 15) is 4.79 Å². The van der Waals surface area contributed by atoms with Crippen LogP contribution in [-0.2, 0) is 5.41 Å². The first-order valence-electron chi connectivity index (χ1n) is 8.05. The Morgan fingerprint density at radius 2 is 2.05 bits per heavy atom. The zero-order chi connectivity index (χ0) is 15.6. The molecule has 1 aromatic rings. The van der Waals surface area contributed by atoms with Gasteiger partial charge in [-0.3, -0.25) is 4.79 Å². The lowest BCUT2D eigenvalue weighted by molar-refractivity contribution is 0.0764. The van der Waals surface area contributed by atoms with E-state index in [2.05, 4.69) is 44.9 Å². The number of carbonyl (C=O) groups is 1. The number of anilines is 1. The zero-order valence-corrected chi connectivity index (χ0v) is 14.1. The highest BCUT2D eigenvalue weighted by Crippen LogP contribution is 2.39. The molecule has 3 heteroatoms. The average molecular weight is 288 g/mol. The van der Waals surface area contributed by atoms with Crippen LogP contribution in [0.25, 0.3) is 0 Å². The van der Waals surface area contributed by atoms with Gasteiger partial charge in [-0.1, -0.05) is 20.8 Å². The minimum Gasteiger partial charge on any atom is -0.374 e. The number of amides is 1. The lowest BCUT2D eigenvalue weighted by atomic mass is 9.77. The third-order valence-electron chi connectivity index (χ3n) is 4.62. The van der Waals surface area contributed by atoms with Gasteiger partial charge in [0.2, 0.25) is 0 Å². The van der Waals surface area contributed by atoms with Crippen LogP contribution in [0.1, 0.15) is 56.5 Å². The molecule has 0 radical (unpaired) electrons. The molecular formula is C18H28N2O. The molecule has 0 saturated heterocycles. The smallest absolute Gasteiger partial charge is 0.253 e. The molecule has 1 aliphatic heterocycles. The summed E-state index contributed by atoms with van der Waals surface area (Å²) in [6.07, 6.45) is 2.12. The van der Waals surface area contributed by atoms with Gasteiger partial charge in [-0.15, -0.1) is 0 Å². The van der Waals surface area contributed by atoms with Crippen LogP contribution >= 0.6 is 0 Å². The molecule has 2 rings (SSSR count). The number of fused-ring (bicyclic) bond motifs is 1. The van der Waals surface area contributed by atoms with E-state index in [-0.39, 0.29) is 11.3 Å². The van der Waals surface area contributed by atoms with Gasteiger partial charge in [-0.25, -0.2) is 0 Å². The number of hydrogen-bond donors (Lipinski definition) is 0. The van der Waals surface area contributed by atoms with E-state index in [0.29, 0.717) is 0 Å². The van der Waals surface area contributed by atoms with E-state index in [1.54, 1.807) is 0 Å². The van der Waals surface area contributed by atoms with Gasteiger partial charge in [0, 0.05) is 37.9 Å². The van der Waals surface area contributed by atoms with Crippen molar-refractivity contribution >= 4 is 11.6 Å². The minimum atomic E-state index is 0.139. The van der Waals surface area contributed by atoms with Crippen LogP contribution in [0.4, 0.5) is 5.69 Å². The first-order valence-corrected chi connectivity index (χ1v) is 8.05. The van der Waals surface area contributed by atoms with Crippen molar-refractivity contribution in [3.8, 4) is 0 Å². The van der Waals surface area contributed by atoms with Crippen molar-refractivity contribution in [3.63, 3.8) is 0 Å². The molecule has 116 valence electrons. The second kappa shape index (κ2) is 6.08.